The molecule has 0 saturated carbocycles. The van der Waals surface area contributed by atoms with Crippen molar-refractivity contribution in [3.8, 4) is 22.6 Å². The van der Waals surface area contributed by atoms with Crippen molar-refractivity contribution in [3.05, 3.63) is 43.7 Å². The Hall–Kier alpha value is -2.10. The predicted octanol–water partition coefficient (Wildman–Crippen LogP) is 1.73. The van der Waals surface area contributed by atoms with Crippen LogP contribution >= 0.6 is 0 Å². The lowest BCUT2D eigenvalue weighted by Crippen LogP contribution is -2.41. The molecule has 4 heteroatoms. The van der Waals surface area contributed by atoms with E-state index >= 15 is 0 Å². The molecule has 0 saturated heterocycles. The smallest absolute Gasteiger partial charge is 0.234 e. The van der Waals surface area contributed by atoms with Crippen LogP contribution in [0.15, 0.2) is 21.7 Å². The van der Waals surface area contributed by atoms with Crippen molar-refractivity contribution >= 4 is 0 Å². The molecule has 1 unspecified atom stereocenters. The van der Waals surface area contributed by atoms with Crippen molar-refractivity contribution in [2.24, 2.45) is 0 Å². The van der Waals surface area contributed by atoms with E-state index in [1.807, 2.05) is 19.1 Å². The van der Waals surface area contributed by atoms with Crippen molar-refractivity contribution in [2.45, 2.75) is 25.7 Å². The van der Waals surface area contributed by atoms with E-state index in [2.05, 4.69) is 0 Å². The topological polar surface area (TPSA) is 52.6 Å². The number of fused-ring (bicyclic) bond motifs is 4. The first-order valence-corrected chi connectivity index (χ1v) is 6.46. The van der Waals surface area contributed by atoms with Gasteiger partial charge >= 0.3 is 0 Å². The van der Waals surface area contributed by atoms with Gasteiger partial charge in [-0.1, -0.05) is 6.92 Å². The summed E-state index contributed by atoms with van der Waals surface area (Å²) in [6.07, 6.45) is 1.66. The molecule has 0 bridgehead atoms. The Labute approximate surface area is 109 Å². The summed E-state index contributed by atoms with van der Waals surface area (Å²) in [4.78, 5) is 23.6. The van der Waals surface area contributed by atoms with Gasteiger partial charge in [0.2, 0.25) is 17.7 Å². The molecule has 2 aromatic carbocycles. The van der Waals surface area contributed by atoms with Gasteiger partial charge in [0.1, 0.15) is 0 Å². The van der Waals surface area contributed by atoms with Crippen LogP contribution in [0.2, 0.25) is 0 Å². The van der Waals surface area contributed by atoms with Crippen molar-refractivity contribution in [1.82, 2.24) is 0 Å². The molecule has 2 aromatic rings. The van der Waals surface area contributed by atoms with E-state index in [0.717, 1.165) is 35.3 Å². The summed E-state index contributed by atoms with van der Waals surface area (Å²) in [6, 6.07) is 3.78. The second kappa shape index (κ2) is 3.47. The highest BCUT2D eigenvalue weighted by Crippen LogP contribution is 2.44. The highest BCUT2D eigenvalue weighted by Gasteiger charge is 2.35. The average Bonchev–Trinajstić information content (AvgIpc) is 2.88. The Bertz CT molecular complexity index is 765. The third-order valence-corrected chi connectivity index (χ3v) is 4.18. The molecule has 0 fully saturated rings. The van der Waals surface area contributed by atoms with Crippen LogP contribution in [0.4, 0.5) is 0 Å². The summed E-state index contributed by atoms with van der Waals surface area (Å²) in [5, 5.41) is 0. The highest BCUT2D eigenvalue weighted by atomic mass is 16.7. The van der Waals surface area contributed by atoms with Gasteiger partial charge in [-0.25, -0.2) is 0 Å². The standard InChI is InChI=1S/C15H12O4/c1-2-7-3-8-4-10-11(19-6-18-10)5-9(8)13-12(7)14(16)15(13)17/h4-5,7H,2-3,6H2,1H3. The minimum atomic E-state index is -0.353. The lowest BCUT2D eigenvalue weighted by atomic mass is 9.74. The molecule has 19 heavy (non-hydrogen) atoms. The second-order valence-corrected chi connectivity index (χ2v) is 5.12. The Balaban J connectivity index is 1.98. The number of rotatable bonds is 1. The molecule has 1 atom stereocenters. The van der Waals surface area contributed by atoms with E-state index in [1.54, 1.807) is 0 Å². The summed E-state index contributed by atoms with van der Waals surface area (Å²) in [6.45, 7) is 2.26. The van der Waals surface area contributed by atoms with Gasteiger partial charge in [0.15, 0.2) is 11.5 Å². The first kappa shape index (κ1) is 10.8. The third kappa shape index (κ3) is 1.23. The fourth-order valence-electron chi connectivity index (χ4n) is 3.17. The maximum Gasteiger partial charge on any atom is 0.234 e. The van der Waals surface area contributed by atoms with E-state index in [4.69, 9.17) is 9.47 Å². The van der Waals surface area contributed by atoms with E-state index in [-0.39, 0.29) is 23.6 Å². The quantitative estimate of drug-likeness (QED) is 0.729. The van der Waals surface area contributed by atoms with Crippen molar-refractivity contribution in [3.63, 3.8) is 0 Å². The maximum absolute atomic E-state index is 11.8. The van der Waals surface area contributed by atoms with Crippen molar-refractivity contribution in [2.75, 3.05) is 6.79 Å². The van der Waals surface area contributed by atoms with Crippen LogP contribution in [0, 0.1) is 0 Å². The number of benzene rings is 1. The van der Waals surface area contributed by atoms with E-state index in [1.165, 1.54) is 0 Å². The van der Waals surface area contributed by atoms with Crippen LogP contribution in [0.3, 0.4) is 0 Å². The first-order chi connectivity index (χ1) is 9.20. The normalized spacial score (nSPS) is 19.3. The zero-order valence-electron chi connectivity index (χ0n) is 10.5. The highest BCUT2D eigenvalue weighted by molar-refractivity contribution is 5.79. The molecule has 96 valence electrons. The van der Waals surface area contributed by atoms with E-state index < -0.39 is 0 Å². The molecule has 4 rings (SSSR count). The minimum Gasteiger partial charge on any atom is -0.454 e. The summed E-state index contributed by atoms with van der Waals surface area (Å²) in [5.41, 5.74) is 2.61. The van der Waals surface area contributed by atoms with Crippen LogP contribution in [-0.2, 0) is 6.42 Å². The van der Waals surface area contributed by atoms with Crippen LogP contribution < -0.4 is 20.3 Å². The predicted molar refractivity (Wildman–Crippen MR) is 69.6 cm³/mol. The van der Waals surface area contributed by atoms with Gasteiger partial charge in [-0.15, -0.1) is 0 Å². The molecule has 1 aliphatic carbocycles. The first-order valence-electron chi connectivity index (χ1n) is 6.46. The van der Waals surface area contributed by atoms with Crippen LogP contribution in [-0.4, -0.2) is 6.79 Å². The number of hydrogen-bond acceptors (Lipinski definition) is 4. The molecule has 0 aromatic heterocycles. The Kier molecular flexibility index (Phi) is 1.97. The molecule has 2 aliphatic rings. The Morgan fingerprint density at radius 2 is 1.89 bits per heavy atom. The second-order valence-electron chi connectivity index (χ2n) is 5.12. The fraction of sp³-hybridized carbons (Fsp3) is 0.333. The molecular formula is C15H12O4. The summed E-state index contributed by atoms with van der Waals surface area (Å²) in [7, 11) is 0. The Morgan fingerprint density at radius 3 is 2.63 bits per heavy atom. The number of hydrogen-bond donors (Lipinski definition) is 0. The zero-order chi connectivity index (χ0) is 13.1. The monoisotopic (exact) mass is 256 g/mol. The molecule has 1 aliphatic heterocycles. The van der Waals surface area contributed by atoms with Crippen molar-refractivity contribution in [1.29, 1.82) is 0 Å². The molecule has 0 amide bonds. The van der Waals surface area contributed by atoms with Gasteiger partial charge in [-0.3, -0.25) is 9.59 Å². The summed E-state index contributed by atoms with van der Waals surface area (Å²) < 4.78 is 10.7. The largest absolute Gasteiger partial charge is 0.454 e. The van der Waals surface area contributed by atoms with Gasteiger partial charge in [0.05, 0.1) is 0 Å². The summed E-state index contributed by atoms with van der Waals surface area (Å²) in [5.74, 6) is 1.55. The van der Waals surface area contributed by atoms with Crippen molar-refractivity contribution < 1.29 is 9.47 Å². The van der Waals surface area contributed by atoms with Gasteiger partial charge in [-0.05, 0) is 42.0 Å². The minimum absolute atomic E-state index is 0.160. The fourth-order valence-corrected chi connectivity index (χ4v) is 3.17. The van der Waals surface area contributed by atoms with E-state index in [0.29, 0.717) is 11.3 Å². The Morgan fingerprint density at radius 1 is 1.16 bits per heavy atom. The molecule has 0 spiro atoms. The maximum atomic E-state index is 11.8. The zero-order valence-corrected chi connectivity index (χ0v) is 10.5. The molecule has 0 N–H and O–H groups in total. The summed E-state index contributed by atoms with van der Waals surface area (Å²) >= 11 is 0. The lowest BCUT2D eigenvalue weighted by molar-refractivity contribution is 0.174. The molecule has 1 heterocycles. The number of ether oxygens (including phenoxy) is 2. The van der Waals surface area contributed by atoms with Crippen LogP contribution in [0.25, 0.3) is 11.1 Å². The van der Waals surface area contributed by atoms with Gasteiger partial charge in [0, 0.05) is 11.1 Å². The third-order valence-electron chi connectivity index (χ3n) is 4.18. The molecular weight excluding hydrogens is 244 g/mol. The van der Waals surface area contributed by atoms with Crippen LogP contribution in [0.1, 0.15) is 30.4 Å². The average molecular weight is 256 g/mol. The lowest BCUT2D eigenvalue weighted by Gasteiger charge is -2.27. The molecule has 0 radical (unpaired) electrons. The van der Waals surface area contributed by atoms with Gasteiger partial charge < -0.3 is 9.47 Å². The van der Waals surface area contributed by atoms with Gasteiger partial charge in [0.25, 0.3) is 0 Å². The van der Waals surface area contributed by atoms with Gasteiger partial charge in [-0.2, -0.15) is 0 Å². The van der Waals surface area contributed by atoms with Crippen LogP contribution in [0.5, 0.6) is 11.5 Å². The SMILES string of the molecule is CCC1Cc2cc3c(cc2-c2c1c(=O)c2=O)OCO3. The van der Waals surface area contributed by atoms with E-state index in [9.17, 15) is 9.59 Å². The molecule has 4 nitrogen and oxygen atoms in total.